The Bertz CT molecular complexity index is 1400. The highest BCUT2D eigenvalue weighted by molar-refractivity contribution is 6.00. The predicted molar refractivity (Wildman–Crippen MR) is 141 cm³/mol. The monoisotopic (exact) mass is 500 g/mol. The van der Waals surface area contributed by atoms with E-state index < -0.39 is 5.91 Å². The highest BCUT2D eigenvalue weighted by Gasteiger charge is 2.22. The number of methoxy groups -OCH3 is 1. The van der Waals surface area contributed by atoms with E-state index in [4.69, 9.17) is 4.74 Å². The molecule has 0 aliphatic rings. The second kappa shape index (κ2) is 11.6. The molecule has 0 bridgehead atoms. The normalized spacial score (nSPS) is 10.8. The highest BCUT2D eigenvalue weighted by atomic mass is 19.1. The van der Waals surface area contributed by atoms with E-state index in [1.165, 1.54) is 11.0 Å². The van der Waals surface area contributed by atoms with E-state index in [-0.39, 0.29) is 37.4 Å². The number of carbonyl (C=O) groups excluding carboxylic acids is 2. The average molecular weight is 501 g/mol. The summed E-state index contributed by atoms with van der Waals surface area (Å²) in [5, 5.41) is 2.82. The Morgan fingerprint density at radius 2 is 1.73 bits per heavy atom. The van der Waals surface area contributed by atoms with Crippen LogP contribution in [0.15, 0.2) is 79.0 Å². The number of carbonyl (C=O) groups is 2. The second-order valence-corrected chi connectivity index (χ2v) is 8.70. The molecule has 8 heteroatoms. The number of rotatable bonds is 9. The third-order valence-electron chi connectivity index (χ3n) is 6.02. The Morgan fingerprint density at radius 3 is 2.43 bits per heavy atom. The lowest BCUT2D eigenvalue weighted by molar-refractivity contribution is -0.117. The minimum Gasteiger partial charge on any atom is -0.383 e. The minimum atomic E-state index is -0.433. The van der Waals surface area contributed by atoms with Crippen LogP contribution in [0.2, 0.25) is 0 Å². The van der Waals surface area contributed by atoms with Crippen LogP contribution in [-0.2, 0) is 9.53 Å². The molecule has 190 valence electrons. The number of ether oxygens (including phenoxy) is 1. The first-order valence-corrected chi connectivity index (χ1v) is 11.9. The Labute approximate surface area is 215 Å². The van der Waals surface area contributed by atoms with Crippen molar-refractivity contribution in [2.45, 2.75) is 13.8 Å². The van der Waals surface area contributed by atoms with Crippen molar-refractivity contribution in [2.75, 3.05) is 32.1 Å². The van der Waals surface area contributed by atoms with E-state index in [0.717, 1.165) is 11.1 Å². The molecule has 2 amide bonds. The minimum absolute atomic E-state index is 0.202. The number of imidazole rings is 1. The zero-order valence-corrected chi connectivity index (χ0v) is 21.1. The molecule has 0 aliphatic heterocycles. The van der Waals surface area contributed by atoms with Crippen molar-refractivity contribution in [2.24, 2.45) is 0 Å². The van der Waals surface area contributed by atoms with Gasteiger partial charge in [-0.05, 0) is 43.2 Å². The Kier molecular flexibility index (Phi) is 8.10. The molecule has 4 rings (SSSR count). The van der Waals surface area contributed by atoms with E-state index in [1.807, 2.05) is 49.4 Å². The van der Waals surface area contributed by atoms with Crippen molar-refractivity contribution >= 4 is 17.8 Å². The average Bonchev–Trinajstić information content (AvgIpc) is 3.32. The number of amides is 2. The molecule has 0 saturated carbocycles. The van der Waals surface area contributed by atoms with Gasteiger partial charge in [0.05, 0.1) is 18.0 Å². The molecule has 0 radical (unpaired) electrons. The maximum atomic E-state index is 14.4. The molecule has 0 saturated heterocycles. The van der Waals surface area contributed by atoms with Gasteiger partial charge >= 0.3 is 0 Å². The van der Waals surface area contributed by atoms with Crippen LogP contribution in [0.4, 0.5) is 10.3 Å². The summed E-state index contributed by atoms with van der Waals surface area (Å²) in [6.45, 7) is 3.85. The summed E-state index contributed by atoms with van der Waals surface area (Å²) in [5.74, 6) is -0.835. The van der Waals surface area contributed by atoms with Gasteiger partial charge in [-0.2, -0.15) is 0 Å². The fourth-order valence-electron chi connectivity index (χ4n) is 3.92. The second-order valence-electron chi connectivity index (χ2n) is 8.70. The zero-order chi connectivity index (χ0) is 26.4. The Balaban J connectivity index is 1.63. The summed E-state index contributed by atoms with van der Waals surface area (Å²) in [6.07, 6.45) is 1.75. The summed E-state index contributed by atoms with van der Waals surface area (Å²) in [4.78, 5) is 32.5. The number of benzene rings is 3. The smallest absolute Gasteiger partial charge is 0.254 e. The fraction of sp³-hybridized carbons (Fsp3) is 0.207. The number of hydrogen-bond acceptors (Lipinski definition) is 4. The molecule has 1 N–H and O–H groups in total. The largest absolute Gasteiger partial charge is 0.383 e. The number of halogens is 1. The summed E-state index contributed by atoms with van der Waals surface area (Å²) < 4.78 is 21.2. The molecule has 1 heterocycles. The van der Waals surface area contributed by atoms with Gasteiger partial charge in [-0.3, -0.25) is 19.5 Å². The molecule has 0 unspecified atom stereocenters. The van der Waals surface area contributed by atoms with E-state index >= 15 is 0 Å². The van der Waals surface area contributed by atoms with Gasteiger partial charge in [0.1, 0.15) is 12.4 Å². The first-order chi connectivity index (χ1) is 17.9. The summed E-state index contributed by atoms with van der Waals surface area (Å²) in [7, 11) is 1.54. The van der Waals surface area contributed by atoms with Crippen LogP contribution in [0.1, 0.15) is 21.5 Å². The summed E-state index contributed by atoms with van der Waals surface area (Å²) >= 11 is 0. The number of nitrogens with zero attached hydrogens (tertiary/aromatic N) is 3. The molecule has 0 atom stereocenters. The van der Waals surface area contributed by atoms with Crippen molar-refractivity contribution in [1.82, 2.24) is 14.5 Å². The number of anilines is 1. The molecule has 0 fully saturated rings. The maximum Gasteiger partial charge on any atom is 0.254 e. The Hall–Kier alpha value is -4.30. The lowest BCUT2D eigenvalue weighted by Gasteiger charge is -2.22. The van der Waals surface area contributed by atoms with Crippen molar-refractivity contribution < 1.29 is 18.7 Å². The summed E-state index contributed by atoms with van der Waals surface area (Å²) in [5.41, 5.74) is 3.83. The van der Waals surface area contributed by atoms with Gasteiger partial charge in [0.25, 0.3) is 5.91 Å². The maximum absolute atomic E-state index is 14.4. The number of aryl methyl sites for hydroxylation is 2. The van der Waals surface area contributed by atoms with E-state index in [1.54, 1.807) is 49.1 Å². The first kappa shape index (κ1) is 25.8. The van der Waals surface area contributed by atoms with Crippen LogP contribution in [0.25, 0.3) is 16.9 Å². The third kappa shape index (κ3) is 6.10. The number of nitrogens with one attached hydrogen (secondary N) is 1. The van der Waals surface area contributed by atoms with Crippen LogP contribution < -0.4 is 5.32 Å². The van der Waals surface area contributed by atoms with Crippen molar-refractivity contribution in [3.63, 3.8) is 0 Å². The topological polar surface area (TPSA) is 76.5 Å². The van der Waals surface area contributed by atoms with Crippen LogP contribution in [0.3, 0.4) is 0 Å². The van der Waals surface area contributed by atoms with Gasteiger partial charge in [-0.25, -0.2) is 9.37 Å². The van der Waals surface area contributed by atoms with Crippen LogP contribution in [0, 0.1) is 19.7 Å². The highest BCUT2D eigenvalue weighted by Crippen LogP contribution is 2.25. The van der Waals surface area contributed by atoms with Crippen molar-refractivity contribution in [3.05, 3.63) is 102 Å². The van der Waals surface area contributed by atoms with Gasteiger partial charge in [-0.1, -0.05) is 54.6 Å². The molecule has 7 nitrogen and oxygen atoms in total. The standard InChI is InChI=1S/C29H29FN4O3/c1-20-9-7-8-12-24(20)28(36)33(15-16-37-3)19-27(35)32-29-31-26(22-10-5-4-6-11-22)18-34(29)23-14-13-21(2)25(30)17-23/h4-14,17-18H,15-16,19H2,1-3H3,(H,31,32,35). The molecular weight excluding hydrogens is 471 g/mol. The zero-order valence-electron chi connectivity index (χ0n) is 21.1. The lowest BCUT2D eigenvalue weighted by Crippen LogP contribution is -2.40. The van der Waals surface area contributed by atoms with Crippen LogP contribution in [0.5, 0.6) is 0 Å². The molecule has 4 aromatic rings. The summed E-state index contributed by atoms with van der Waals surface area (Å²) in [6, 6.07) is 21.6. The fourth-order valence-corrected chi connectivity index (χ4v) is 3.92. The first-order valence-electron chi connectivity index (χ1n) is 11.9. The van der Waals surface area contributed by atoms with Gasteiger partial charge in [0, 0.05) is 31.0 Å². The van der Waals surface area contributed by atoms with Gasteiger partial charge < -0.3 is 9.64 Å². The molecule has 37 heavy (non-hydrogen) atoms. The molecule has 0 aliphatic carbocycles. The third-order valence-corrected chi connectivity index (χ3v) is 6.02. The van der Waals surface area contributed by atoms with Crippen molar-refractivity contribution in [1.29, 1.82) is 0 Å². The van der Waals surface area contributed by atoms with E-state index in [9.17, 15) is 14.0 Å². The molecule has 3 aromatic carbocycles. The van der Waals surface area contributed by atoms with Gasteiger partial charge in [-0.15, -0.1) is 0 Å². The van der Waals surface area contributed by atoms with Gasteiger partial charge in [0.15, 0.2) is 0 Å². The number of aromatic nitrogens is 2. The van der Waals surface area contributed by atoms with Crippen LogP contribution in [-0.4, -0.2) is 53.1 Å². The van der Waals surface area contributed by atoms with Gasteiger partial charge in [0.2, 0.25) is 11.9 Å². The molecular formula is C29H29FN4O3. The van der Waals surface area contributed by atoms with E-state index in [2.05, 4.69) is 10.3 Å². The molecule has 0 spiro atoms. The quantitative estimate of drug-likeness (QED) is 0.350. The Morgan fingerprint density at radius 1 is 1.00 bits per heavy atom. The number of hydrogen-bond donors (Lipinski definition) is 1. The van der Waals surface area contributed by atoms with Crippen LogP contribution >= 0.6 is 0 Å². The van der Waals surface area contributed by atoms with E-state index in [0.29, 0.717) is 22.5 Å². The SMILES string of the molecule is COCCN(CC(=O)Nc1nc(-c2ccccc2)cn1-c1ccc(C)c(F)c1)C(=O)c1ccccc1C. The predicted octanol–water partition coefficient (Wildman–Crippen LogP) is 5.02. The lowest BCUT2D eigenvalue weighted by atomic mass is 10.1. The van der Waals surface area contributed by atoms with Crippen molar-refractivity contribution in [3.8, 4) is 16.9 Å². The molecule has 1 aromatic heterocycles.